The topological polar surface area (TPSA) is 50.1 Å². The summed E-state index contributed by atoms with van der Waals surface area (Å²) in [5, 5.41) is 9.74. The molecule has 0 N–H and O–H groups in total. The highest BCUT2D eigenvalue weighted by Gasteiger charge is 2.03. The second kappa shape index (κ2) is 6.94. The predicted octanol–water partition coefficient (Wildman–Crippen LogP) is 4.48. The monoisotopic (exact) mass is 317 g/mol. The molecule has 0 aliphatic carbocycles. The molecule has 0 amide bonds. The zero-order chi connectivity index (χ0) is 15.2. The molecule has 0 radical (unpaired) electrons. The van der Waals surface area contributed by atoms with Gasteiger partial charge in [0.15, 0.2) is 0 Å². The number of esters is 1. The van der Waals surface area contributed by atoms with Gasteiger partial charge in [-0.2, -0.15) is 5.26 Å². The van der Waals surface area contributed by atoms with Crippen LogP contribution >= 0.6 is 23.2 Å². The number of nitriles is 1. The average Bonchev–Trinajstić information content (AvgIpc) is 2.46. The van der Waals surface area contributed by atoms with Gasteiger partial charge in [-0.25, -0.2) is 4.79 Å². The third kappa shape index (κ3) is 4.35. The van der Waals surface area contributed by atoms with Crippen LogP contribution in [0.3, 0.4) is 0 Å². The van der Waals surface area contributed by atoms with E-state index in [1.54, 1.807) is 36.4 Å². The fourth-order valence-electron chi connectivity index (χ4n) is 1.57. The SMILES string of the molecule is N#Cc1cccc(OC(=O)/C=C/c2ccc(Cl)cc2Cl)c1. The van der Waals surface area contributed by atoms with E-state index < -0.39 is 5.97 Å². The number of ether oxygens (including phenoxy) is 1. The number of hydrogen-bond acceptors (Lipinski definition) is 3. The highest BCUT2D eigenvalue weighted by molar-refractivity contribution is 6.35. The first kappa shape index (κ1) is 15.1. The van der Waals surface area contributed by atoms with E-state index in [4.69, 9.17) is 33.2 Å². The Morgan fingerprint density at radius 2 is 2.00 bits per heavy atom. The summed E-state index contributed by atoms with van der Waals surface area (Å²) in [6.07, 6.45) is 2.79. The number of carbonyl (C=O) groups excluding carboxylic acids is 1. The van der Waals surface area contributed by atoms with E-state index >= 15 is 0 Å². The molecule has 2 aromatic carbocycles. The molecule has 21 heavy (non-hydrogen) atoms. The normalized spacial score (nSPS) is 10.3. The molecule has 0 aliphatic heterocycles. The first-order valence-electron chi connectivity index (χ1n) is 5.93. The Hall–Kier alpha value is -2.28. The van der Waals surface area contributed by atoms with Crippen LogP contribution in [-0.4, -0.2) is 5.97 Å². The van der Waals surface area contributed by atoms with E-state index in [1.807, 2.05) is 6.07 Å². The smallest absolute Gasteiger partial charge is 0.336 e. The number of hydrogen-bond donors (Lipinski definition) is 0. The van der Waals surface area contributed by atoms with Gasteiger partial charge in [0.1, 0.15) is 5.75 Å². The molecule has 0 spiro atoms. The summed E-state index contributed by atoms with van der Waals surface area (Å²) in [6, 6.07) is 13.3. The highest BCUT2D eigenvalue weighted by Crippen LogP contribution is 2.22. The Morgan fingerprint density at radius 3 is 2.71 bits per heavy atom. The van der Waals surface area contributed by atoms with Crippen molar-refractivity contribution in [3.63, 3.8) is 0 Å². The standard InChI is InChI=1S/C16H9Cl2NO2/c17-13-6-4-12(15(18)9-13)5-7-16(20)21-14-3-1-2-11(8-14)10-19/h1-9H/b7-5+. The lowest BCUT2D eigenvalue weighted by Gasteiger charge is -2.01. The molecule has 0 saturated carbocycles. The van der Waals surface area contributed by atoms with Crippen molar-refractivity contribution in [2.75, 3.05) is 0 Å². The second-order valence-corrected chi connectivity index (χ2v) is 4.90. The first-order valence-corrected chi connectivity index (χ1v) is 6.69. The Balaban J connectivity index is 2.07. The van der Waals surface area contributed by atoms with Crippen molar-refractivity contribution in [3.05, 3.63) is 69.7 Å². The summed E-state index contributed by atoms with van der Waals surface area (Å²) in [6.45, 7) is 0. The van der Waals surface area contributed by atoms with Gasteiger partial charge < -0.3 is 4.74 Å². The zero-order valence-electron chi connectivity index (χ0n) is 10.7. The Bertz CT molecular complexity index is 748. The molecule has 3 nitrogen and oxygen atoms in total. The fourth-order valence-corrected chi connectivity index (χ4v) is 2.05. The molecule has 0 bridgehead atoms. The van der Waals surface area contributed by atoms with Gasteiger partial charge in [-0.3, -0.25) is 0 Å². The van der Waals surface area contributed by atoms with Crippen LogP contribution in [0.5, 0.6) is 5.75 Å². The molecule has 0 heterocycles. The minimum atomic E-state index is -0.559. The fraction of sp³-hybridized carbons (Fsp3) is 0. The van der Waals surface area contributed by atoms with Gasteiger partial charge in [-0.15, -0.1) is 0 Å². The van der Waals surface area contributed by atoms with Crippen LogP contribution in [0.15, 0.2) is 48.5 Å². The molecule has 5 heteroatoms. The third-order valence-electron chi connectivity index (χ3n) is 2.54. The maximum Gasteiger partial charge on any atom is 0.336 e. The van der Waals surface area contributed by atoms with Crippen LogP contribution in [0.25, 0.3) is 6.08 Å². The van der Waals surface area contributed by atoms with Crippen molar-refractivity contribution in [2.24, 2.45) is 0 Å². The van der Waals surface area contributed by atoms with Crippen LogP contribution < -0.4 is 4.74 Å². The van der Waals surface area contributed by atoms with Gasteiger partial charge in [-0.1, -0.05) is 35.3 Å². The molecule has 0 saturated heterocycles. The number of carbonyl (C=O) groups is 1. The molecule has 0 unspecified atom stereocenters. The largest absolute Gasteiger partial charge is 0.423 e. The number of rotatable bonds is 3. The van der Waals surface area contributed by atoms with Crippen molar-refractivity contribution in [1.82, 2.24) is 0 Å². The number of benzene rings is 2. The van der Waals surface area contributed by atoms with Crippen LogP contribution in [0.2, 0.25) is 10.0 Å². The number of halogens is 2. The van der Waals surface area contributed by atoms with Crippen LogP contribution in [0.4, 0.5) is 0 Å². The van der Waals surface area contributed by atoms with Crippen molar-refractivity contribution < 1.29 is 9.53 Å². The van der Waals surface area contributed by atoms with Crippen LogP contribution in [0.1, 0.15) is 11.1 Å². The quantitative estimate of drug-likeness (QED) is 0.476. The summed E-state index contributed by atoms with van der Waals surface area (Å²) in [5.74, 6) is -0.248. The summed E-state index contributed by atoms with van der Waals surface area (Å²) in [7, 11) is 0. The highest BCUT2D eigenvalue weighted by atomic mass is 35.5. The maximum absolute atomic E-state index is 11.7. The minimum absolute atomic E-state index is 0.311. The maximum atomic E-state index is 11.7. The Morgan fingerprint density at radius 1 is 1.19 bits per heavy atom. The summed E-state index contributed by atoms with van der Waals surface area (Å²) in [5.41, 5.74) is 1.08. The van der Waals surface area contributed by atoms with Gasteiger partial charge in [0.25, 0.3) is 0 Å². The molecular formula is C16H9Cl2NO2. The molecule has 0 atom stereocenters. The van der Waals surface area contributed by atoms with Crippen molar-refractivity contribution in [3.8, 4) is 11.8 Å². The van der Waals surface area contributed by atoms with Gasteiger partial charge in [0, 0.05) is 16.1 Å². The third-order valence-corrected chi connectivity index (χ3v) is 3.11. The Labute approximate surface area is 132 Å². The minimum Gasteiger partial charge on any atom is -0.423 e. The van der Waals surface area contributed by atoms with E-state index in [2.05, 4.69) is 0 Å². The molecule has 2 aromatic rings. The molecule has 0 fully saturated rings. The van der Waals surface area contributed by atoms with Gasteiger partial charge in [0.05, 0.1) is 11.6 Å². The molecule has 0 aromatic heterocycles. The molecule has 0 aliphatic rings. The van der Waals surface area contributed by atoms with Gasteiger partial charge in [0.2, 0.25) is 0 Å². The lowest BCUT2D eigenvalue weighted by molar-refractivity contribution is -0.128. The van der Waals surface area contributed by atoms with Crippen LogP contribution in [0, 0.1) is 11.3 Å². The number of nitrogens with zero attached hydrogens (tertiary/aromatic N) is 1. The second-order valence-electron chi connectivity index (χ2n) is 4.06. The predicted molar refractivity (Wildman–Crippen MR) is 82.3 cm³/mol. The summed E-state index contributed by atoms with van der Waals surface area (Å²) in [4.78, 5) is 11.7. The summed E-state index contributed by atoms with van der Waals surface area (Å²) < 4.78 is 5.10. The van der Waals surface area contributed by atoms with Crippen molar-refractivity contribution in [2.45, 2.75) is 0 Å². The van der Waals surface area contributed by atoms with Crippen molar-refractivity contribution >= 4 is 35.2 Å². The zero-order valence-corrected chi connectivity index (χ0v) is 12.2. The van der Waals surface area contributed by atoms with Gasteiger partial charge in [-0.05, 0) is 42.0 Å². The van der Waals surface area contributed by atoms with E-state index in [-0.39, 0.29) is 0 Å². The lowest BCUT2D eigenvalue weighted by Crippen LogP contribution is -2.03. The van der Waals surface area contributed by atoms with Gasteiger partial charge >= 0.3 is 5.97 Å². The first-order chi connectivity index (χ1) is 10.1. The molecular weight excluding hydrogens is 309 g/mol. The summed E-state index contributed by atoms with van der Waals surface area (Å²) >= 11 is 11.8. The van der Waals surface area contributed by atoms with E-state index in [1.165, 1.54) is 18.2 Å². The molecule has 2 rings (SSSR count). The van der Waals surface area contributed by atoms with Crippen LogP contribution in [-0.2, 0) is 4.79 Å². The van der Waals surface area contributed by atoms with E-state index in [9.17, 15) is 4.79 Å². The average molecular weight is 318 g/mol. The van der Waals surface area contributed by atoms with E-state index in [0.29, 0.717) is 26.9 Å². The van der Waals surface area contributed by atoms with Crippen molar-refractivity contribution in [1.29, 1.82) is 5.26 Å². The molecule has 104 valence electrons. The van der Waals surface area contributed by atoms with E-state index in [0.717, 1.165) is 0 Å². The lowest BCUT2D eigenvalue weighted by atomic mass is 10.2. The Kier molecular flexibility index (Phi) is 4.99.